The molecule has 0 aliphatic carbocycles. The number of hydrogen-bond acceptors (Lipinski definition) is 5. The fourth-order valence-electron chi connectivity index (χ4n) is 2.79. The van der Waals surface area contributed by atoms with Crippen molar-refractivity contribution in [2.45, 2.75) is 25.9 Å². The molecule has 1 aliphatic heterocycles. The van der Waals surface area contributed by atoms with Crippen LogP contribution in [0.25, 0.3) is 0 Å². The fraction of sp³-hybridized carbons (Fsp3) is 0.389. The minimum absolute atomic E-state index is 0.0903. The molecule has 1 saturated heterocycles. The zero-order valence-electron chi connectivity index (χ0n) is 14.1. The number of amides is 1. The van der Waals surface area contributed by atoms with Crippen molar-refractivity contribution in [2.75, 3.05) is 25.0 Å². The van der Waals surface area contributed by atoms with Crippen LogP contribution in [0.4, 0.5) is 10.1 Å². The van der Waals surface area contributed by atoms with Crippen LogP contribution in [0.15, 0.2) is 36.7 Å². The summed E-state index contributed by atoms with van der Waals surface area (Å²) in [6, 6.07) is 5.76. The molecule has 3 rings (SSSR count). The monoisotopic (exact) mass is 344 g/mol. The van der Waals surface area contributed by atoms with Crippen LogP contribution >= 0.6 is 0 Å². The van der Waals surface area contributed by atoms with Crippen molar-refractivity contribution in [1.82, 2.24) is 14.9 Å². The topological polar surface area (TPSA) is 67.3 Å². The van der Waals surface area contributed by atoms with Gasteiger partial charge in [0.25, 0.3) is 0 Å². The molecule has 0 bridgehead atoms. The molecule has 1 aliphatic rings. The van der Waals surface area contributed by atoms with Crippen molar-refractivity contribution < 1.29 is 13.9 Å². The molecule has 0 spiro atoms. The second kappa shape index (κ2) is 8.02. The lowest BCUT2D eigenvalue weighted by molar-refractivity contribution is -0.117. The summed E-state index contributed by atoms with van der Waals surface area (Å²) < 4.78 is 18.7. The van der Waals surface area contributed by atoms with E-state index in [1.165, 1.54) is 12.1 Å². The van der Waals surface area contributed by atoms with E-state index in [0.29, 0.717) is 18.1 Å². The number of benzene rings is 1. The van der Waals surface area contributed by atoms with Gasteiger partial charge in [-0.05, 0) is 44.0 Å². The molecular formula is C18H21FN4O2. The predicted molar refractivity (Wildman–Crippen MR) is 91.9 cm³/mol. The Morgan fingerprint density at radius 3 is 2.68 bits per heavy atom. The van der Waals surface area contributed by atoms with E-state index in [9.17, 15) is 9.18 Å². The Labute approximate surface area is 146 Å². The third kappa shape index (κ3) is 5.22. The quantitative estimate of drug-likeness (QED) is 0.902. The van der Waals surface area contributed by atoms with E-state index in [4.69, 9.17) is 4.74 Å². The summed E-state index contributed by atoms with van der Waals surface area (Å²) >= 11 is 0. The van der Waals surface area contributed by atoms with Crippen LogP contribution < -0.4 is 10.1 Å². The van der Waals surface area contributed by atoms with E-state index in [1.807, 2.05) is 6.92 Å². The van der Waals surface area contributed by atoms with E-state index in [1.54, 1.807) is 24.5 Å². The third-order valence-electron chi connectivity index (χ3n) is 4.05. The number of ether oxygens (including phenoxy) is 1. The number of carbonyl (C=O) groups excluding carboxylic acids is 1. The summed E-state index contributed by atoms with van der Waals surface area (Å²) in [5.74, 6) is 0.126. The molecule has 132 valence electrons. The summed E-state index contributed by atoms with van der Waals surface area (Å²) in [6.45, 7) is 3.75. The number of nitrogens with zero attached hydrogens (tertiary/aromatic N) is 3. The smallest absolute Gasteiger partial charge is 0.238 e. The first-order valence-corrected chi connectivity index (χ1v) is 8.31. The number of rotatable bonds is 5. The van der Waals surface area contributed by atoms with Crippen molar-refractivity contribution in [2.24, 2.45) is 0 Å². The van der Waals surface area contributed by atoms with Crippen LogP contribution in [0.5, 0.6) is 5.88 Å². The first-order valence-electron chi connectivity index (χ1n) is 8.31. The lowest BCUT2D eigenvalue weighted by Crippen LogP contribution is -2.42. The summed E-state index contributed by atoms with van der Waals surface area (Å²) in [6.07, 6.45) is 5.07. The number of nitrogens with one attached hydrogen (secondary N) is 1. The SMILES string of the molecule is Cc1cncc(OC2CCN(CC(=O)Nc3ccc(F)cc3)CC2)n1. The molecule has 1 fully saturated rings. The molecule has 0 unspecified atom stereocenters. The molecule has 1 N–H and O–H groups in total. The van der Waals surface area contributed by atoms with Gasteiger partial charge in [0.05, 0.1) is 18.4 Å². The third-order valence-corrected chi connectivity index (χ3v) is 4.05. The van der Waals surface area contributed by atoms with Gasteiger partial charge < -0.3 is 10.1 Å². The number of hydrogen-bond donors (Lipinski definition) is 1. The van der Waals surface area contributed by atoms with E-state index in [2.05, 4.69) is 20.2 Å². The zero-order valence-corrected chi connectivity index (χ0v) is 14.1. The van der Waals surface area contributed by atoms with Gasteiger partial charge in [-0.15, -0.1) is 0 Å². The molecule has 25 heavy (non-hydrogen) atoms. The van der Waals surface area contributed by atoms with Gasteiger partial charge in [-0.1, -0.05) is 0 Å². The maximum absolute atomic E-state index is 12.9. The Morgan fingerprint density at radius 2 is 2.00 bits per heavy atom. The average molecular weight is 344 g/mol. The zero-order chi connectivity index (χ0) is 17.6. The second-order valence-corrected chi connectivity index (χ2v) is 6.15. The van der Waals surface area contributed by atoms with Crippen LogP contribution in [0.1, 0.15) is 18.5 Å². The predicted octanol–water partition coefficient (Wildman–Crippen LogP) is 2.41. The van der Waals surface area contributed by atoms with E-state index >= 15 is 0 Å². The van der Waals surface area contributed by atoms with Gasteiger partial charge in [-0.2, -0.15) is 0 Å². The summed E-state index contributed by atoms with van der Waals surface area (Å²) in [5, 5.41) is 2.78. The number of anilines is 1. The van der Waals surface area contributed by atoms with Crippen molar-refractivity contribution in [3.8, 4) is 5.88 Å². The number of aromatic nitrogens is 2. The van der Waals surface area contributed by atoms with E-state index < -0.39 is 0 Å². The molecule has 7 heteroatoms. The van der Waals surface area contributed by atoms with Crippen LogP contribution in [0.2, 0.25) is 0 Å². The van der Waals surface area contributed by atoms with Crippen LogP contribution in [-0.2, 0) is 4.79 Å². The molecule has 0 saturated carbocycles. The van der Waals surface area contributed by atoms with Gasteiger partial charge in [-0.25, -0.2) is 9.37 Å². The highest BCUT2D eigenvalue weighted by molar-refractivity contribution is 5.92. The van der Waals surface area contributed by atoms with E-state index in [-0.39, 0.29) is 17.8 Å². The molecule has 0 radical (unpaired) electrons. The maximum atomic E-state index is 12.9. The van der Waals surface area contributed by atoms with Gasteiger partial charge in [0.2, 0.25) is 11.8 Å². The van der Waals surface area contributed by atoms with Crippen LogP contribution in [-0.4, -0.2) is 46.5 Å². The summed E-state index contributed by atoms with van der Waals surface area (Å²) in [4.78, 5) is 22.5. The normalized spacial score (nSPS) is 15.8. The number of piperidine rings is 1. The highest BCUT2D eigenvalue weighted by Crippen LogP contribution is 2.17. The van der Waals surface area contributed by atoms with Crippen LogP contribution in [0, 0.1) is 12.7 Å². The van der Waals surface area contributed by atoms with Crippen LogP contribution in [0.3, 0.4) is 0 Å². The Bertz CT molecular complexity index is 715. The molecule has 1 amide bonds. The average Bonchev–Trinajstić information content (AvgIpc) is 2.59. The van der Waals surface area contributed by atoms with Gasteiger partial charge in [0.15, 0.2) is 0 Å². The Hall–Kier alpha value is -2.54. The number of carbonyl (C=O) groups is 1. The molecule has 2 aromatic rings. The lowest BCUT2D eigenvalue weighted by atomic mass is 10.1. The highest BCUT2D eigenvalue weighted by Gasteiger charge is 2.22. The van der Waals surface area contributed by atoms with Gasteiger partial charge in [0, 0.05) is 25.0 Å². The number of likely N-dealkylation sites (tertiary alicyclic amines) is 1. The largest absolute Gasteiger partial charge is 0.473 e. The molecule has 1 aromatic carbocycles. The molecular weight excluding hydrogens is 323 g/mol. The molecule has 2 heterocycles. The fourth-order valence-corrected chi connectivity index (χ4v) is 2.79. The summed E-state index contributed by atoms with van der Waals surface area (Å²) in [7, 11) is 0. The lowest BCUT2D eigenvalue weighted by Gasteiger charge is -2.31. The maximum Gasteiger partial charge on any atom is 0.238 e. The molecule has 1 aromatic heterocycles. The van der Waals surface area contributed by atoms with Gasteiger partial charge >= 0.3 is 0 Å². The Balaban J connectivity index is 1.42. The van der Waals surface area contributed by atoms with Crippen molar-refractivity contribution >= 4 is 11.6 Å². The second-order valence-electron chi connectivity index (χ2n) is 6.15. The molecule has 6 nitrogen and oxygen atoms in total. The van der Waals surface area contributed by atoms with E-state index in [0.717, 1.165) is 31.6 Å². The Kier molecular flexibility index (Phi) is 5.55. The minimum atomic E-state index is -0.321. The Morgan fingerprint density at radius 1 is 1.28 bits per heavy atom. The van der Waals surface area contributed by atoms with Crippen molar-refractivity contribution in [3.05, 3.63) is 48.2 Å². The number of aryl methyl sites for hydroxylation is 1. The standard InChI is InChI=1S/C18H21FN4O2/c1-13-10-20-11-18(21-13)25-16-6-8-23(9-7-16)12-17(24)22-15-4-2-14(19)3-5-15/h2-5,10-11,16H,6-9,12H2,1H3,(H,22,24). The van der Waals surface area contributed by atoms with Gasteiger partial charge in [0.1, 0.15) is 11.9 Å². The van der Waals surface area contributed by atoms with Crippen molar-refractivity contribution in [3.63, 3.8) is 0 Å². The first kappa shape index (κ1) is 17.3. The number of halogens is 1. The molecule has 0 atom stereocenters. The minimum Gasteiger partial charge on any atom is -0.473 e. The first-order chi connectivity index (χ1) is 12.1. The summed E-state index contributed by atoms with van der Waals surface area (Å²) in [5.41, 5.74) is 1.43. The van der Waals surface area contributed by atoms with Gasteiger partial charge in [-0.3, -0.25) is 14.7 Å². The highest BCUT2D eigenvalue weighted by atomic mass is 19.1. The van der Waals surface area contributed by atoms with Crippen molar-refractivity contribution in [1.29, 1.82) is 0 Å².